The van der Waals surface area contributed by atoms with Crippen LogP contribution in [0.4, 0.5) is 0 Å². The topological polar surface area (TPSA) is 355 Å². The second-order valence-electron chi connectivity index (χ2n) is 7.07. The molecule has 0 saturated heterocycles. The van der Waals surface area contributed by atoms with E-state index in [2.05, 4.69) is 0 Å². The van der Waals surface area contributed by atoms with E-state index in [1.165, 1.54) is 0 Å². The number of carbonyl (C=O) groups excluding carboxylic acids is 3. The molecule has 0 aromatic heterocycles. The highest BCUT2D eigenvalue weighted by molar-refractivity contribution is 5.57. The molecule has 0 saturated carbocycles. The predicted molar refractivity (Wildman–Crippen MR) is 112 cm³/mol. The van der Waals surface area contributed by atoms with Crippen molar-refractivity contribution in [1.82, 2.24) is 0 Å². The molecule has 0 aliphatic rings. The Balaban J connectivity index is -0.000000454. The molecule has 36 heavy (non-hydrogen) atoms. The first-order chi connectivity index (χ1) is 16.6. The lowest BCUT2D eigenvalue weighted by molar-refractivity contribution is -0.136. The van der Waals surface area contributed by atoms with Crippen LogP contribution >= 0.6 is 0 Å². The first kappa shape index (κ1) is 38.9. The first-order valence-electron chi connectivity index (χ1n) is 9.98. The van der Waals surface area contributed by atoms with E-state index >= 15 is 0 Å². The second kappa shape index (κ2) is 21.5. The predicted octanol–water partition coefficient (Wildman–Crippen LogP) is -10.1. The summed E-state index contributed by atoms with van der Waals surface area (Å²) in [6.45, 7) is -2.28. The molecule has 0 bridgehead atoms. The minimum absolute atomic E-state index is 0.0258. The van der Waals surface area contributed by atoms with Gasteiger partial charge in [-0.05, 0) is 0 Å². The van der Waals surface area contributed by atoms with Crippen LogP contribution in [-0.4, -0.2) is 189 Å². The summed E-state index contributed by atoms with van der Waals surface area (Å²) < 4.78 is 0. The molecule has 0 spiro atoms. The summed E-state index contributed by atoms with van der Waals surface area (Å²) >= 11 is 0. The molecular weight excluding hydrogens is 504 g/mol. The first-order valence-corrected chi connectivity index (χ1v) is 9.98. The second-order valence-corrected chi connectivity index (χ2v) is 7.07. The van der Waals surface area contributed by atoms with Gasteiger partial charge >= 0.3 is 0 Å². The third-order valence-corrected chi connectivity index (χ3v) is 4.26. The van der Waals surface area contributed by atoms with Crippen molar-refractivity contribution in [3.05, 3.63) is 0 Å². The molecular formula is C18H36O18. The van der Waals surface area contributed by atoms with E-state index in [9.17, 15) is 14.4 Å². The Kier molecular flexibility index (Phi) is 23.2. The van der Waals surface area contributed by atoms with E-state index in [-0.39, 0.29) is 18.9 Å². The highest BCUT2D eigenvalue weighted by Gasteiger charge is 2.31. The molecule has 18 nitrogen and oxygen atoms in total. The highest BCUT2D eigenvalue weighted by atomic mass is 16.4. The van der Waals surface area contributed by atoms with E-state index < -0.39 is 93.1 Å². The van der Waals surface area contributed by atoms with Gasteiger partial charge in [-0.2, -0.15) is 0 Å². The number of rotatable bonds is 15. The zero-order valence-corrected chi connectivity index (χ0v) is 18.7. The SMILES string of the molecule is O=C[C@H](O)[C@@H](O)[C@H](O)[C@H](O)CO.O=C[C@H](O)[C@@H](O)[C@H](O)[C@H](O)CO.O=C[C@H](O)[C@@H](O)[C@H](O)[C@H](O)CO. The van der Waals surface area contributed by atoms with Gasteiger partial charge in [-0.15, -0.1) is 0 Å². The Labute approximate surface area is 203 Å². The van der Waals surface area contributed by atoms with E-state index in [0.717, 1.165) is 0 Å². The van der Waals surface area contributed by atoms with Crippen molar-refractivity contribution in [3.8, 4) is 0 Å². The van der Waals surface area contributed by atoms with Crippen molar-refractivity contribution in [2.75, 3.05) is 19.8 Å². The molecule has 0 aliphatic heterocycles. The summed E-state index contributed by atoms with van der Waals surface area (Å²) in [7, 11) is 0. The summed E-state index contributed by atoms with van der Waals surface area (Å²) in [6, 6.07) is 0. The lowest BCUT2D eigenvalue weighted by atomic mass is 10.0. The zero-order chi connectivity index (χ0) is 29.2. The quantitative estimate of drug-likeness (QED) is 0.0856. The van der Waals surface area contributed by atoms with Crippen LogP contribution in [0.15, 0.2) is 0 Å². The van der Waals surface area contributed by atoms with Crippen LogP contribution < -0.4 is 0 Å². The number of aliphatic hydroxyl groups is 15. The van der Waals surface area contributed by atoms with Crippen molar-refractivity contribution in [1.29, 1.82) is 0 Å². The average Bonchev–Trinajstić information content (AvgIpc) is 2.92. The molecule has 0 aromatic carbocycles. The molecule has 0 heterocycles. The molecule has 0 unspecified atom stereocenters. The van der Waals surface area contributed by atoms with Crippen LogP contribution in [0.2, 0.25) is 0 Å². The number of aliphatic hydroxyl groups excluding tert-OH is 15. The van der Waals surface area contributed by atoms with Gasteiger partial charge in [0.1, 0.15) is 73.2 Å². The van der Waals surface area contributed by atoms with Gasteiger partial charge in [-0.1, -0.05) is 0 Å². The van der Waals surface area contributed by atoms with E-state index in [0.29, 0.717) is 0 Å². The van der Waals surface area contributed by atoms with Crippen LogP contribution in [-0.2, 0) is 14.4 Å². The maximum absolute atomic E-state index is 9.90. The van der Waals surface area contributed by atoms with Gasteiger partial charge in [0.2, 0.25) is 0 Å². The van der Waals surface area contributed by atoms with Gasteiger partial charge < -0.3 is 91.0 Å². The maximum Gasteiger partial charge on any atom is 0.151 e. The fourth-order valence-corrected chi connectivity index (χ4v) is 1.85. The van der Waals surface area contributed by atoms with Gasteiger partial charge in [-0.25, -0.2) is 0 Å². The summed E-state index contributed by atoms with van der Waals surface area (Å²) in [5.74, 6) is 0. The van der Waals surface area contributed by atoms with Crippen molar-refractivity contribution in [3.63, 3.8) is 0 Å². The molecule has 0 fully saturated rings. The van der Waals surface area contributed by atoms with Gasteiger partial charge in [0.25, 0.3) is 0 Å². The van der Waals surface area contributed by atoms with Crippen LogP contribution in [0.5, 0.6) is 0 Å². The fourth-order valence-electron chi connectivity index (χ4n) is 1.85. The minimum atomic E-state index is -1.79. The van der Waals surface area contributed by atoms with Crippen LogP contribution in [0.3, 0.4) is 0 Å². The Morgan fingerprint density at radius 3 is 0.639 bits per heavy atom. The van der Waals surface area contributed by atoms with Crippen molar-refractivity contribution >= 4 is 18.9 Å². The van der Waals surface area contributed by atoms with Crippen molar-refractivity contribution in [2.45, 2.75) is 73.2 Å². The Hall–Kier alpha value is -1.59. The van der Waals surface area contributed by atoms with Crippen molar-refractivity contribution in [2.24, 2.45) is 0 Å². The van der Waals surface area contributed by atoms with E-state index in [1.807, 2.05) is 0 Å². The Bertz CT molecular complexity index is 490. The molecule has 0 rings (SSSR count). The van der Waals surface area contributed by atoms with Gasteiger partial charge in [0, 0.05) is 0 Å². The fraction of sp³-hybridized carbons (Fsp3) is 0.833. The molecule has 0 aromatic rings. The minimum Gasteiger partial charge on any atom is -0.394 e. The highest BCUT2D eigenvalue weighted by Crippen LogP contribution is 2.04. The summed E-state index contributed by atoms with van der Waals surface area (Å²) in [6.07, 6.45) is -20.5. The smallest absolute Gasteiger partial charge is 0.151 e. The van der Waals surface area contributed by atoms with E-state index in [4.69, 9.17) is 76.6 Å². The van der Waals surface area contributed by atoms with E-state index in [1.54, 1.807) is 0 Å². The average molecular weight is 540 g/mol. The van der Waals surface area contributed by atoms with Gasteiger partial charge in [0.05, 0.1) is 19.8 Å². The number of hydrogen-bond acceptors (Lipinski definition) is 18. The summed E-state index contributed by atoms with van der Waals surface area (Å²) in [5, 5.41) is 131. The molecule has 18 heteroatoms. The van der Waals surface area contributed by atoms with Crippen molar-refractivity contribution < 1.29 is 91.0 Å². The molecule has 0 radical (unpaired) electrons. The summed E-state index contributed by atoms with van der Waals surface area (Å²) in [5.41, 5.74) is 0. The van der Waals surface area contributed by atoms with Gasteiger partial charge in [-0.3, -0.25) is 0 Å². The maximum atomic E-state index is 9.90. The molecule has 15 N–H and O–H groups in total. The largest absolute Gasteiger partial charge is 0.394 e. The third kappa shape index (κ3) is 14.8. The number of aldehydes is 3. The Morgan fingerprint density at radius 2 is 0.528 bits per heavy atom. The Morgan fingerprint density at radius 1 is 0.361 bits per heavy atom. The zero-order valence-electron chi connectivity index (χ0n) is 18.7. The lowest BCUT2D eigenvalue weighted by Crippen LogP contribution is -2.46. The molecule has 216 valence electrons. The lowest BCUT2D eigenvalue weighted by Gasteiger charge is -2.22. The van der Waals surface area contributed by atoms with Gasteiger partial charge in [0.15, 0.2) is 18.9 Å². The molecule has 12 atom stereocenters. The normalized spacial score (nSPS) is 21.1. The number of hydrogen-bond donors (Lipinski definition) is 15. The third-order valence-electron chi connectivity index (χ3n) is 4.26. The monoisotopic (exact) mass is 540 g/mol. The van der Waals surface area contributed by atoms with Crippen LogP contribution in [0, 0.1) is 0 Å². The van der Waals surface area contributed by atoms with Crippen LogP contribution in [0.1, 0.15) is 0 Å². The molecule has 0 amide bonds. The van der Waals surface area contributed by atoms with Crippen LogP contribution in [0.25, 0.3) is 0 Å². The standard InChI is InChI=1S/3C6H12O6/c3*7-1-3(9)5(11)6(12)4(10)2-8/h3*1,3-6,8-12H,2H2/t3*3-,4+,5+,6+/m000/s1. The molecule has 0 aliphatic carbocycles. The summed E-state index contributed by atoms with van der Waals surface area (Å²) in [4.78, 5) is 29.7. The number of carbonyl (C=O) groups is 3.